The minimum absolute atomic E-state index is 0.253. The second kappa shape index (κ2) is 4.62. The van der Waals surface area contributed by atoms with Gasteiger partial charge in [0.05, 0.1) is 5.69 Å². The van der Waals surface area contributed by atoms with E-state index in [0.29, 0.717) is 0 Å². The molecule has 0 amide bonds. The molecule has 3 N–H and O–H groups in total. The van der Waals surface area contributed by atoms with Crippen molar-refractivity contribution in [3.63, 3.8) is 0 Å². The van der Waals surface area contributed by atoms with Crippen LogP contribution in [0.5, 0.6) is 5.75 Å². The summed E-state index contributed by atoms with van der Waals surface area (Å²) >= 11 is 0. The van der Waals surface area contributed by atoms with Crippen molar-refractivity contribution in [1.29, 1.82) is 0 Å². The van der Waals surface area contributed by atoms with Crippen molar-refractivity contribution in [1.82, 2.24) is 15.5 Å². The van der Waals surface area contributed by atoms with Crippen LogP contribution in [-0.4, -0.2) is 21.8 Å². The summed E-state index contributed by atoms with van der Waals surface area (Å²) < 4.78 is 0. The fourth-order valence-corrected chi connectivity index (χ4v) is 2.00. The highest BCUT2D eigenvalue weighted by Crippen LogP contribution is 2.20. The van der Waals surface area contributed by atoms with Crippen molar-refractivity contribution in [3.05, 3.63) is 41.6 Å². The van der Waals surface area contributed by atoms with Crippen molar-refractivity contribution in [2.24, 2.45) is 0 Å². The van der Waals surface area contributed by atoms with Gasteiger partial charge in [0, 0.05) is 12.2 Å². The van der Waals surface area contributed by atoms with Gasteiger partial charge in [0.15, 0.2) is 5.82 Å². The SMILES string of the molecule is Oc1ccc(Nc2cc3c(nn2)CNCC3)cc1. The van der Waals surface area contributed by atoms with Crippen molar-refractivity contribution < 1.29 is 5.11 Å². The molecule has 0 atom stereocenters. The second-order valence-corrected chi connectivity index (χ2v) is 4.30. The van der Waals surface area contributed by atoms with Crippen LogP contribution in [0.1, 0.15) is 11.3 Å². The molecule has 5 heteroatoms. The van der Waals surface area contributed by atoms with Crippen LogP contribution in [0.2, 0.25) is 0 Å². The van der Waals surface area contributed by atoms with Gasteiger partial charge >= 0.3 is 0 Å². The summed E-state index contributed by atoms with van der Waals surface area (Å²) in [6, 6.07) is 8.92. The first kappa shape index (κ1) is 11.0. The topological polar surface area (TPSA) is 70.1 Å². The zero-order valence-electron chi connectivity index (χ0n) is 9.85. The van der Waals surface area contributed by atoms with Gasteiger partial charge in [-0.25, -0.2) is 0 Å². The van der Waals surface area contributed by atoms with E-state index in [9.17, 15) is 5.11 Å². The predicted octanol–water partition coefficient (Wildman–Crippen LogP) is 1.57. The lowest BCUT2D eigenvalue weighted by Gasteiger charge is -2.16. The van der Waals surface area contributed by atoms with Crippen LogP contribution in [0, 0.1) is 0 Å². The first-order valence-electron chi connectivity index (χ1n) is 5.93. The Morgan fingerprint density at radius 2 is 2.00 bits per heavy atom. The van der Waals surface area contributed by atoms with E-state index in [1.165, 1.54) is 5.56 Å². The predicted molar refractivity (Wildman–Crippen MR) is 68.8 cm³/mol. The maximum absolute atomic E-state index is 9.22. The molecule has 0 spiro atoms. The largest absolute Gasteiger partial charge is 0.508 e. The summed E-state index contributed by atoms with van der Waals surface area (Å²) in [7, 11) is 0. The molecule has 0 saturated heterocycles. The Kier molecular flexibility index (Phi) is 2.82. The number of anilines is 2. The maximum Gasteiger partial charge on any atom is 0.153 e. The number of nitrogens with one attached hydrogen (secondary N) is 2. The Labute approximate surface area is 105 Å². The third-order valence-electron chi connectivity index (χ3n) is 2.96. The van der Waals surface area contributed by atoms with Gasteiger partial charge in [-0.15, -0.1) is 5.10 Å². The Morgan fingerprint density at radius 1 is 1.17 bits per heavy atom. The zero-order valence-corrected chi connectivity index (χ0v) is 9.85. The molecule has 0 saturated carbocycles. The summed E-state index contributed by atoms with van der Waals surface area (Å²) in [5.41, 5.74) is 3.15. The first-order valence-corrected chi connectivity index (χ1v) is 5.93. The van der Waals surface area contributed by atoms with Crippen LogP contribution < -0.4 is 10.6 Å². The van der Waals surface area contributed by atoms with E-state index < -0.39 is 0 Å². The minimum atomic E-state index is 0.253. The smallest absolute Gasteiger partial charge is 0.153 e. The van der Waals surface area contributed by atoms with Crippen LogP contribution in [-0.2, 0) is 13.0 Å². The summed E-state index contributed by atoms with van der Waals surface area (Å²) in [4.78, 5) is 0. The van der Waals surface area contributed by atoms with E-state index in [-0.39, 0.29) is 5.75 Å². The van der Waals surface area contributed by atoms with Crippen molar-refractivity contribution in [2.75, 3.05) is 11.9 Å². The molecule has 5 nitrogen and oxygen atoms in total. The summed E-state index contributed by atoms with van der Waals surface area (Å²) in [5, 5.41) is 24.0. The van der Waals surface area contributed by atoms with Crippen LogP contribution in [0.4, 0.5) is 11.5 Å². The molecule has 3 rings (SSSR count). The van der Waals surface area contributed by atoms with Crippen LogP contribution in [0.3, 0.4) is 0 Å². The average molecular weight is 242 g/mol. The lowest BCUT2D eigenvalue weighted by atomic mass is 10.1. The maximum atomic E-state index is 9.22. The molecule has 92 valence electrons. The molecule has 1 aliphatic heterocycles. The third-order valence-corrected chi connectivity index (χ3v) is 2.96. The number of fused-ring (bicyclic) bond motifs is 1. The van der Waals surface area contributed by atoms with Gasteiger partial charge in [0.1, 0.15) is 5.75 Å². The molecular formula is C13H14N4O. The van der Waals surface area contributed by atoms with Crippen LogP contribution in [0.15, 0.2) is 30.3 Å². The molecular weight excluding hydrogens is 228 g/mol. The molecule has 2 heterocycles. The average Bonchev–Trinajstić information content (AvgIpc) is 2.41. The van der Waals surface area contributed by atoms with E-state index in [4.69, 9.17) is 0 Å². The fourth-order valence-electron chi connectivity index (χ4n) is 2.00. The number of phenols is 1. The van der Waals surface area contributed by atoms with Crippen LogP contribution >= 0.6 is 0 Å². The first-order chi connectivity index (χ1) is 8.81. The Morgan fingerprint density at radius 3 is 2.83 bits per heavy atom. The van der Waals surface area contributed by atoms with Gasteiger partial charge in [-0.05, 0) is 48.9 Å². The molecule has 0 unspecified atom stereocenters. The molecule has 0 aliphatic carbocycles. The standard InChI is InChI=1S/C13H14N4O/c18-11-3-1-10(2-4-11)15-13-7-9-5-6-14-8-12(9)16-17-13/h1-4,7,14,18H,5-6,8H2,(H,15,17). The quantitative estimate of drug-likeness (QED) is 0.697. The highest BCUT2D eigenvalue weighted by molar-refractivity contribution is 5.57. The van der Waals surface area contributed by atoms with E-state index in [1.54, 1.807) is 24.3 Å². The number of hydrogen-bond donors (Lipinski definition) is 3. The highest BCUT2D eigenvalue weighted by atomic mass is 16.3. The van der Waals surface area contributed by atoms with Crippen molar-refractivity contribution >= 4 is 11.5 Å². The normalized spacial score (nSPS) is 14.0. The van der Waals surface area contributed by atoms with E-state index in [1.807, 2.05) is 6.07 Å². The number of rotatable bonds is 2. The number of hydrogen-bond acceptors (Lipinski definition) is 5. The molecule has 18 heavy (non-hydrogen) atoms. The number of nitrogens with zero attached hydrogens (tertiary/aromatic N) is 2. The molecule has 1 aliphatic rings. The van der Waals surface area contributed by atoms with E-state index in [2.05, 4.69) is 20.8 Å². The van der Waals surface area contributed by atoms with Crippen molar-refractivity contribution in [3.8, 4) is 5.75 Å². The molecule has 0 bridgehead atoms. The lowest BCUT2D eigenvalue weighted by Crippen LogP contribution is -2.25. The minimum Gasteiger partial charge on any atom is -0.508 e. The number of phenolic OH excluding ortho intramolecular Hbond substituents is 1. The Balaban J connectivity index is 1.82. The molecule has 1 aromatic carbocycles. The lowest BCUT2D eigenvalue weighted by molar-refractivity contribution is 0.475. The van der Waals surface area contributed by atoms with Gasteiger partial charge in [0.25, 0.3) is 0 Å². The summed E-state index contributed by atoms with van der Waals surface area (Å²) in [6.45, 7) is 1.78. The van der Waals surface area contributed by atoms with Gasteiger partial charge in [-0.1, -0.05) is 0 Å². The zero-order chi connectivity index (χ0) is 12.4. The molecule has 2 aromatic rings. The van der Waals surface area contributed by atoms with Gasteiger partial charge in [0.2, 0.25) is 0 Å². The van der Waals surface area contributed by atoms with Crippen LogP contribution in [0.25, 0.3) is 0 Å². The molecule has 1 aromatic heterocycles. The van der Waals surface area contributed by atoms with Gasteiger partial charge in [-0.3, -0.25) is 0 Å². The van der Waals surface area contributed by atoms with Crippen molar-refractivity contribution in [2.45, 2.75) is 13.0 Å². The number of benzene rings is 1. The highest BCUT2D eigenvalue weighted by Gasteiger charge is 2.11. The second-order valence-electron chi connectivity index (χ2n) is 4.30. The summed E-state index contributed by atoms with van der Waals surface area (Å²) in [5.74, 6) is 0.990. The van der Waals surface area contributed by atoms with E-state index in [0.717, 1.165) is 36.7 Å². The number of aromatic hydroxyl groups is 1. The number of aromatic nitrogens is 2. The monoisotopic (exact) mass is 242 g/mol. The Bertz CT molecular complexity index is 553. The summed E-state index contributed by atoms with van der Waals surface area (Å²) in [6.07, 6.45) is 0.981. The third kappa shape index (κ3) is 2.26. The Hall–Kier alpha value is -2.14. The van der Waals surface area contributed by atoms with E-state index >= 15 is 0 Å². The fraction of sp³-hybridized carbons (Fsp3) is 0.231. The van der Waals surface area contributed by atoms with Gasteiger partial charge in [-0.2, -0.15) is 5.10 Å². The van der Waals surface area contributed by atoms with Gasteiger partial charge < -0.3 is 15.7 Å². The molecule has 0 fully saturated rings. The molecule has 0 radical (unpaired) electrons.